The number of nitrogens with zero attached hydrogens (tertiary/aromatic N) is 1. The molecular weight excluding hydrogens is 304 g/mol. The van der Waals surface area contributed by atoms with Crippen LogP contribution in [0.5, 0.6) is 0 Å². The maximum absolute atomic E-state index is 14.1. The molecule has 0 spiro atoms. The van der Waals surface area contributed by atoms with Crippen molar-refractivity contribution in [2.24, 2.45) is 0 Å². The van der Waals surface area contributed by atoms with Crippen molar-refractivity contribution in [2.45, 2.75) is 25.7 Å². The van der Waals surface area contributed by atoms with Crippen LogP contribution in [0.3, 0.4) is 0 Å². The van der Waals surface area contributed by atoms with E-state index in [1.165, 1.54) is 0 Å². The highest BCUT2D eigenvalue weighted by atomic mass is 19.1. The number of hydrogen-bond donors (Lipinski definition) is 2. The SMILES string of the molecule is COCCCCNC(=O)Nc1cc(F)c(N2CCCC2)c(F)c1. The molecule has 0 saturated carbocycles. The van der Waals surface area contributed by atoms with E-state index in [-0.39, 0.29) is 11.4 Å². The Hall–Kier alpha value is -1.89. The van der Waals surface area contributed by atoms with Crippen LogP contribution in [0.1, 0.15) is 25.7 Å². The van der Waals surface area contributed by atoms with E-state index in [2.05, 4.69) is 10.6 Å². The molecular formula is C16H23F2N3O2. The Kier molecular flexibility index (Phi) is 6.58. The highest BCUT2D eigenvalue weighted by Crippen LogP contribution is 2.29. The van der Waals surface area contributed by atoms with Crippen molar-refractivity contribution in [3.05, 3.63) is 23.8 Å². The zero-order chi connectivity index (χ0) is 16.7. The van der Waals surface area contributed by atoms with Gasteiger partial charge in [0.05, 0.1) is 0 Å². The third-order valence-electron chi connectivity index (χ3n) is 3.76. The molecule has 2 rings (SSSR count). The summed E-state index contributed by atoms with van der Waals surface area (Å²) in [7, 11) is 1.62. The number of rotatable bonds is 7. The molecule has 1 saturated heterocycles. The third kappa shape index (κ3) is 5.06. The maximum Gasteiger partial charge on any atom is 0.319 e. The molecule has 2 amide bonds. The predicted molar refractivity (Wildman–Crippen MR) is 85.9 cm³/mol. The van der Waals surface area contributed by atoms with Crippen LogP contribution in [-0.4, -0.2) is 39.4 Å². The number of benzene rings is 1. The average Bonchev–Trinajstić information content (AvgIpc) is 3.00. The third-order valence-corrected chi connectivity index (χ3v) is 3.76. The molecule has 23 heavy (non-hydrogen) atoms. The summed E-state index contributed by atoms with van der Waals surface area (Å²) in [4.78, 5) is 13.4. The van der Waals surface area contributed by atoms with Gasteiger partial charge < -0.3 is 20.3 Å². The maximum atomic E-state index is 14.1. The molecule has 1 aliphatic heterocycles. The van der Waals surface area contributed by atoms with Gasteiger partial charge in [-0.3, -0.25) is 0 Å². The van der Waals surface area contributed by atoms with Gasteiger partial charge in [-0.15, -0.1) is 0 Å². The van der Waals surface area contributed by atoms with Gasteiger partial charge in [0.2, 0.25) is 0 Å². The first-order valence-electron chi connectivity index (χ1n) is 7.89. The molecule has 2 N–H and O–H groups in total. The van der Waals surface area contributed by atoms with Crippen molar-refractivity contribution < 1.29 is 18.3 Å². The number of urea groups is 1. The molecule has 5 nitrogen and oxygen atoms in total. The number of halogens is 2. The first-order chi connectivity index (χ1) is 11.1. The van der Waals surface area contributed by atoms with Crippen LogP contribution in [0, 0.1) is 11.6 Å². The molecule has 1 aromatic rings. The highest BCUT2D eigenvalue weighted by Gasteiger charge is 2.21. The number of amides is 2. The number of methoxy groups -OCH3 is 1. The van der Waals surface area contributed by atoms with E-state index in [0.717, 1.165) is 37.8 Å². The van der Waals surface area contributed by atoms with Crippen LogP contribution in [0.4, 0.5) is 25.0 Å². The largest absolute Gasteiger partial charge is 0.385 e. The molecule has 0 atom stereocenters. The van der Waals surface area contributed by atoms with E-state index < -0.39 is 17.7 Å². The van der Waals surface area contributed by atoms with Crippen molar-refractivity contribution in [1.29, 1.82) is 0 Å². The number of carbonyl (C=O) groups excluding carboxylic acids is 1. The topological polar surface area (TPSA) is 53.6 Å². The summed E-state index contributed by atoms with van der Waals surface area (Å²) in [6, 6.07) is 1.83. The van der Waals surface area contributed by atoms with Crippen molar-refractivity contribution in [3.8, 4) is 0 Å². The first-order valence-corrected chi connectivity index (χ1v) is 7.89. The molecule has 0 aromatic heterocycles. The van der Waals surface area contributed by atoms with Crippen LogP contribution >= 0.6 is 0 Å². The van der Waals surface area contributed by atoms with Crippen molar-refractivity contribution in [1.82, 2.24) is 5.32 Å². The van der Waals surface area contributed by atoms with Crippen LogP contribution < -0.4 is 15.5 Å². The highest BCUT2D eigenvalue weighted by molar-refractivity contribution is 5.89. The Morgan fingerprint density at radius 1 is 1.22 bits per heavy atom. The van der Waals surface area contributed by atoms with E-state index >= 15 is 0 Å². The molecule has 0 aliphatic carbocycles. The Morgan fingerprint density at radius 2 is 1.87 bits per heavy atom. The minimum absolute atomic E-state index is 0.00646. The summed E-state index contributed by atoms with van der Waals surface area (Å²) in [5.41, 5.74) is 0.102. The van der Waals surface area contributed by atoms with Crippen molar-refractivity contribution >= 4 is 17.4 Å². The lowest BCUT2D eigenvalue weighted by Crippen LogP contribution is -2.30. The lowest BCUT2D eigenvalue weighted by Gasteiger charge is -2.20. The van der Waals surface area contributed by atoms with Gasteiger partial charge in [0.25, 0.3) is 0 Å². The number of nitrogens with one attached hydrogen (secondary N) is 2. The quantitative estimate of drug-likeness (QED) is 0.757. The summed E-state index contributed by atoms with van der Waals surface area (Å²) >= 11 is 0. The van der Waals surface area contributed by atoms with Gasteiger partial charge in [0.15, 0.2) is 11.6 Å². The van der Waals surface area contributed by atoms with E-state index in [0.29, 0.717) is 26.2 Å². The summed E-state index contributed by atoms with van der Waals surface area (Å²) in [6.45, 7) is 2.43. The second kappa shape index (κ2) is 8.67. The standard InChI is InChI=1S/C16H23F2N3O2/c1-23-9-5-2-6-19-16(22)20-12-10-13(17)15(14(18)11-12)21-7-3-4-8-21/h10-11H,2-9H2,1H3,(H2,19,20,22). The second-order valence-electron chi connectivity index (χ2n) is 5.56. The van der Waals surface area contributed by atoms with Crippen LogP contribution in [-0.2, 0) is 4.74 Å². The molecule has 0 bridgehead atoms. The lowest BCUT2D eigenvalue weighted by atomic mass is 10.2. The number of anilines is 2. The predicted octanol–water partition coefficient (Wildman–Crippen LogP) is 3.11. The summed E-state index contributed by atoms with van der Waals surface area (Å²) in [6.07, 6.45) is 3.48. The molecule has 128 valence electrons. The molecule has 0 radical (unpaired) electrons. The molecule has 1 aromatic carbocycles. The average molecular weight is 327 g/mol. The van der Waals surface area contributed by atoms with Gasteiger partial charge in [-0.05, 0) is 37.8 Å². The molecule has 1 heterocycles. The van der Waals surface area contributed by atoms with Gasteiger partial charge in [-0.1, -0.05) is 0 Å². The van der Waals surface area contributed by atoms with Crippen LogP contribution in [0.2, 0.25) is 0 Å². The summed E-state index contributed by atoms with van der Waals surface area (Å²) in [5, 5.41) is 5.09. The molecule has 1 aliphatic rings. The normalized spacial score (nSPS) is 14.1. The summed E-state index contributed by atoms with van der Waals surface area (Å²) in [5.74, 6) is -1.30. The number of unbranched alkanes of at least 4 members (excludes halogenated alkanes) is 1. The van der Waals surface area contributed by atoms with E-state index in [4.69, 9.17) is 4.74 Å². The second-order valence-corrected chi connectivity index (χ2v) is 5.56. The fourth-order valence-electron chi connectivity index (χ4n) is 2.63. The van der Waals surface area contributed by atoms with Gasteiger partial charge in [0, 0.05) is 39.0 Å². The van der Waals surface area contributed by atoms with E-state index in [1.807, 2.05) is 0 Å². The number of ether oxygens (including phenoxy) is 1. The zero-order valence-electron chi connectivity index (χ0n) is 13.3. The van der Waals surface area contributed by atoms with E-state index in [1.54, 1.807) is 12.0 Å². The first kappa shape index (κ1) is 17.5. The number of carbonyl (C=O) groups is 1. The van der Waals surface area contributed by atoms with Gasteiger partial charge in [-0.2, -0.15) is 0 Å². The molecule has 0 unspecified atom stereocenters. The number of hydrogen-bond acceptors (Lipinski definition) is 3. The van der Waals surface area contributed by atoms with Crippen molar-refractivity contribution in [3.63, 3.8) is 0 Å². The van der Waals surface area contributed by atoms with Crippen LogP contribution in [0.15, 0.2) is 12.1 Å². The fourth-order valence-corrected chi connectivity index (χ4v) is 2.63. The minimum Gasteiger partial charge on any atom is -0.385 e. The Balaban J connectivity index is 1.89. The van der Waals surface area contributed by atoms with Crippen molar-refractivity contribution in [2.75, 3.05) is 43.6 Å². The molecule has 7 heteroatoms. The van der Waals surface area contributed by atoms with Gasteiger partial charge >= 0.3 is 6.03 Å². The summed E-state index contributed by atoms with van der Waals surface area (Å²) < 4.78 is 33.2. The zero-order valence-corrected chi connectivity index (χ0v) is 13.3. The fraction of sp³-hybridized carbons (Fsp3) is 0.562. The smallest absolute Gasteiger partial charge is 0.319 e. The van der Waals surface area contributed by atoms with E-state index in [9.17, 15) is 13.6 Å². The molecule has 1 fully saturated rings. The monoisotopic (exact) mass is 327 g/mol. The minimum atomic E-state index is -0.651. The van der Waals surface area contributed by atoms with Gasteiger partial charge in [-0.25, -0.2) is 13.6 Å². The Morgan fingerprint density at radius 3 is 2.48 bits per heavy atom. The lowest BCUT2D eigenvalue weighted by molar-refractivity contribution is 0.192. The Bertz CT molecular complexity index is 511. The van der Waals surface area contributed by atoms with Crippen LogP contribution in [0.25, 0.3) is 0 Å². The van der Waals surface area contributed by atoms with Gasteiger partial charge in [0.1, 0.15) is 5.69 Å². The Labute approximate surface area is 135 Å².